The number of anilines is 2. The van der Waals surface area contributed by atoms with Gasteiger partial charge in [-0.3, -0.25) is 9.59 Å². The molecule has 0 aliphatic carbocycles. The lowest BCUT2D eigenvalue weighted by atomic mass is 10.1. The van der Waals surface area contributed by atoms with Crippen LogP contribution in [0.5, 0.6) is 0 Å². The summed E-state index contributed by atoms with van der Waals surface area (Å²) in [5.41, 5.74) is 4.13. The molecule has 1 unspecified atom stereocenters. The first-order valence-corrected chi connectivity index (χ1v) is 10.9. The standard InChI is InChI=1S/C23H23BrN4O3/c1-14-21(15(2)28(27-14)19-11-5-16(24)6-12-19)23(30)26-18-9-7-17(8-10-18)25-22(29)20-4-3-13-31-20/h5-12,20H,3-4,13H2,1-2H3,(H,25,29)(H,26,30). The lowest BCUT2D eigenvalue weighted by Gasteiger charge is -2.11. The monoisotopic (exact) mass is 482 g/mol. The van der Waals surface area contributed by atoms with Gasteiger partial charge in [0.15, 0.2) is 0 Å². The first-order chi connectivity index (χ1) is 14.9. The number of aromatic nitrogens is 2. The van der Waals surface area contributed by atoms with Crippen LogP contribution < -0.4 is 10.6 Å². The highest BCUT2D eigenvalue weighted by Crippen LogP contribution is 2.22. The van der Waals surface area contributed by atoms with Crippen LogP contribution in [0.2, 0.25) is 0 Å². The lowest BCUT2D eigenvalue weighted by molar-refractivity contribution is -0.124. The topological polar surface area (TPSA) is 85.3 Å². The maximum Gasteiger partial charge on any atom is 0.259 e. The van der Waals surface area contributed by atoms with Gasteiger partial charge in [-0.2, -0.15) is 5.10 Å². The Morgan fingerprint density at radius 1 is 1.03 bits per heavy atom. The highest BCUT2D eigenvalue weighted by molar-refractivity contribution is 9.10. The SMILES string of the molecule is Cc1nn(-c2ccc(Br)cc2)c(C)c1C(=O)Nc1ccc(NC(=O)C2CCCO2)cc1. The fourth-order valence-corrected chi connectivity index (χ4v) is 3.91. The Bertz CT molecular complexity index is 1100. The zero-order chi connectivity index (χ0) is 22.0. The summed E-state index contributed by atoms with van der Waals surface area (Å²) in [4.78, 5) is 25.1. The Labute approximate surface area is 188 Å². The Balaban J connectivity index is 1.45. The van der Waals surface area contributed by atoms with E-state index in [0.29, 0.717) is 29.2 Å². The number of ether oxygens (including phenoxy) is 1. The molecule has 0 saturated carbocycles. The van der Waals surface area contributed by atoms with Crippen molar-refractivity contribution in [3.05, 3.63) is 70.0 Å². The largest absolute Gasteiger partial charge is 0.368 e. The van der Waals surface area contributed by atoms with Gasteiger partial charge in [0.1, 0.15) is 6.10 Å². The molecular formula is C23H23BrN4O3. The van der Waals surface area contributed by atoms with Gasteiger partial charge in [-0.1, -0.05) is 15.9 Å². The van der Waals surface area contributed by atoms with Crippen molar-refractivity contribution < 1.29 is 14.3 Å². The van der Waals surface area contributed by atoms with Crippen LogP contribution >= 0.6 is 15.9 Å². The summed E-state index contributed by atoms with van der Waals surface area (Å²) in [6.07, 6.45) is 1.26. The Hall–Kier alpha value is -2.97. The molecule has 31 heavy (non-hydrogen) atoms. The third kappa shape index (κ3) is 4.70. The number of amides is 2. The fourth-order valence-electron chi connectivity index (χ4n) is 3.64. The number of carbonyl (C=O) groups is 2. The minimum atomic E-state index is -0.382. The van der Waals surface area contributed by atoms with Crippen LogP contribution in [0.3, 0.4) is 0 Å². The number of carbonyl (C=O) groups excluding carboxylic acids is 2. The second kappa shape index (κ2) is 9.03. The molecule has 2 aromatic carbocycles. The van der Waals surface area contributed by atoms with E-state index in [2.05, 4.69) is 31.7 Å². The number of nitrogens with zero attached hydrogens (tertiary/aromatic N) is 2. The van der Waals surface area contributed by atoms with Gasteiger partial charge in [0, 0.05) is 22.5 Å². The Morgan fingerprint density at radius 2 is 1.68 bits per heavy atom. The molecule has 7 nitrogen and oxygen atoms in total. The molecule has 1 aliphatic rings. The maximum absolute atomic E-state index is 12.9. The van der Waals surface area contributed by atoms with Crippen molar-refractivity contribution in [3.63, 3.8) is 0 Å². The Morgan fingerprint density at radius 3 is 2.29 bits per heavy atom. The van der Waals surface area contributed by atoms with Crippen LogP contribution in [-0.4, -0.2) is 34.3 Å². The van der Waals surface area contributed by atoms with Gasteiger partial charge >= 0.3 is 0 Å². The highest BCUT2D eigenvalue weighted by Gasteiger charge is 2.23. The number of hydrogen-bond donors (Lipinski definition) is 2. The van der Waals surface area contributed by atoms with E-state index < -0.39 is 0 Å². The van der Waals surface area contributed by atoms with Crippen molar-refractivity contribution in [2.75, 3.05) is 17.2 Å². The van der Waals surface area contributed by atoms with Gasteiger partial charge in [0.2, 0.25) is 0 Å². The minimum absolute atomic E-state index is 0.138. The van der Waals surface area contributed by atoms with Gasteiger partial charge < -0.3 is 15.4 Å². The summed E-state index contributed by atoms with van der Waals surface area (Å²) in [5, 5.41) is 10.3. The van der Waals surface area contributed by atoms with Crippen LogP contribution in [0.15, 0.2) is 53.0 Å². The summed E-state index contributed by atoms with van der Waals surface area (Å²) < 4.78 is 8.14. The molecule has 0 bridgehead atoms. The van der Waals surface area contributed by atoms with Crippen LogP contribution in [0.25, 0.3) is 5.69 Å². The molecule has 0 radical (unpaired) electrons. The maximum atomic E-state index is 12.9. The van der Waals surface area contributed by atoms with Crippen molar-refractivity contribution in [1.82, 2.24) is 9.78 Å². The molecular weight excluding hydrogens is 460 g/mol. The molecule has 1 aromatic heterocycles. The number of benzene rings is 2. The van der Waals surface area contributed by atoms with Crippen LogP contribution in [0.4, 0.5) is 11.4 Å². The lowest BCUT2D eigenvalue weighted by Crippen LogP contribution is -2.26. The van der Waals surface area contributed by atoms with Gasteiger partial charge in [0.05, 0.1) is 22.6 Å². The van der Waals surface area contributed by atoms with E-state index in [9.17, 15) is 9.59 Å². The molecule has 8 heteroatoms. The molecule has 1 saturated heterocycles. The average Bonchev–Trinajstić information content (AvgIpc) is 3.38. The zero-order valence-corrected chi connectivity index (χ0v) is 18.9. The van der Waals surface area contributed by atoms with Crippen molar-refractivity contribution in [3.8, 4) is 5.69 Å². The predicted molar refractivity (Wildman–Crippen MR) is 123 cm³/mol. The van der Waals surface area contributed by atoms with Crippen LogP contribution in [-0.2, 0) is 9.53 Å². The van der Waals surface area contributed by atoms with E-state index >= 15 is 0 Å². The molecule has 0 spiro atoms. The van der Waals surface area contributed by atoms with Crippen molar-refractivity contribution >= 4 is 39.1 Å². The number of aryl methyl sites for hydroxylation is 1. The van der Waals surface area contributed by atoms with Crippen molar-refractivity contribution in [1.29, 1.82) is 0 Å². The summed E-state index contributed by atoms with van der Waals surface area (Å²) >= 11 is 3.43. The molecule has 160 valence electrons. The molecule has 2 heterocycles. The van der Waals surface area contributed by atoms with Crippen LogP contribution in [0, 0.1) is 13.8 Å². The number of hydrogen-bond acceptors (Lipinski definition) is 4. The van der Waals surface area contributed by atoms with E-state index in [-0.39, 0.29) is 17.9 Å². The molecule has 4 rings (SSSR count). The molecule has 2 N–H and O–H groups in total. The highest BCUT2D eigenvalue weighted by atomic mass is 79.9. The number of halogens is 1. The third-order valence-electron chi connectivity index (χ3n) is 5.22. The first kappa shape index (κ1) is 21.3. The van der Waals surface area contributed by atoms with Gasteiger partial charge in [-0.05, 0) is 75.2 Å². The van der Waals surface area contributed by atoms with E-state index in [1.54, 1.807) is 28.9 Å². The van der Waals surface area contributed by atoms with Crippen LogP contribution in [0.1, 0.15) is 34.6 Å². The quantitative estimate of drug-likeness (QED) is 0.555. The summed E-state index contributed by atoms with van der Waals surface area (Å²) in [7, 11) is 0. The second-order valence-electron chi connectivity index (χ2n) is 7.46. The van der Waals surface area contributed by atoms with E-state index in [0.717, 1.165) is 28.7 Å². The zero-order valence-electron chi connectivity index (χ0n) is 17.3. The van der Waals surface area contributed by atoms with Gasteiger partial charge in [0.25, 0.3) is 11.8 Å². The first-order valence-electron chi connectivity index (χ1n) is 10.1. The second-order valence-corrected chi connectivity index (χ2v) is 8.37. The van der Waals surface area contributed by atoms with E-state index in [1.165, 1.54) is 0 Å². The molecule has 1 fully saturated rings. The molecule has 1 atom stereocenters. The Kier molecular flexibility index (Phi) is 6.20. The molecule has 1 aliphatic heterocycles. The van der Waals surface area contributed by atoms with Gasteiger partial charge in [-0.15, -0.1) is 0 Å². The summed E-state index contributed by atoms with van der Waals surface area (Å²) in [6.45, 7) is 4.32. The third-order valence-corrected chi connectivity index (χ3v) is 5.75. The number of nitrogens with one attached hydrogen (secondary N) is 2. The number of rotatable bonds is 5. The fraction of sp³-hybridized carbons (Fsp3) is 0.261. The van der Waals surface area contributed by atoms with Gasteiger partial charge in [-0.25, -0.2) is 4.68 Å². The summed E-state index contributed by atoms with van der Waals surface area (Å²) in [6, 6.07) is 14.8. The minimum Gasteiger partial charge on any atom is -0.368 e. The average molecular weight is 483 g/mol. The summed E-state index contributed by atoms with van der Waals surface area (Å²) in [5.74, 6) is -0.365. The smallest absolute Gasteiger partial charge is 0.259 e. The van der Waals surface area contributed by atoms with Crippen molar-refractivity contribution in [2.24, 2.45) is 0 Å². The van der Waals surface area contributed by atoms with E-state index in [1.807, 2.05) is 38.1 Å². The van der Waals surface area contributed by atoms with Crippen molar-refractivity contribution in [2.45, 2.75) is 32.8 Å². The molecule has 2 amide bonds. The molecule has 3 aromatic rings. The normalized spacial score (nSPS) is 15.6. The predicted octanol–water partition coefficient (Wildman–Crippen LogP) is 4.62. The van der Waals surface area contributed by atoms with E-state index in [4.69, 9.17) is 4.74 Å².